The van der Waals surface area contributed by atoms with Crippen LogP contribution in [-0.4, -0.2) is 6.71 Å². The summed E-state index contributed by atoms with van der Waals surface area (Å²) in [6, 6.07) is 31.7. The number of fused-ring (bicyclic) bond motifs is 8. The Kier molecular flexibility index (Phi) is 2.85. The first-order valence-electron chi connectivity index (χ1n) is 9.90. The van der Waals surface area contributed by atoms with Crippen LogP contribution >= 0.6 is 0 Å². The fourth-order valence-electron chi connectivity index (χ4n) is 4.98. The Morgan fingerprint density at radius 3 is 1.45 bits per heavy atom. The van der Waals surface area contributed by atoms with Crippen molar-refractivity contribution in [3.63, 3.8) is 0 Å². The molecule has 2 nitrogen and oxygen atoms in total. The summed E-state index contributed by atoms with van der Waals surface area (Å²) in [4.78, 5) is 0. The van der Waals surface area contributed by atoms with Gasteiger partial charge >= 0.3 is 0 Å². The zero-order valence-electron chi connectivity index (χ0n) is 15.6. The Bertz CT molecular complexity index is 1360. The molecule has 0 unspecified atom stereocenters. The largest absolute Gasteiger partial charge is 0.458 e. The second kappa shape index (κ2) is 5.42. The molecule has 134 valence electrons. The molecule has 0 amide bonds. The third-order valence-electron chi connectivity index (χ3n) is 6.19. The van der Waals surface area contributed by atoms with Crippen LogP contribution in [0.15, 0.2) is 91.0 Å². The van der Waals surface area contributed by atoms with Gasteiger partial charge in [0.2, 0.25) is 0 Å². The van der Waals surface area contributed by atoms with Crippen LogP contribution in [0.5, 0.6) is 23.0 Å². The average molecular weight is 370 g/mol. The summed E-state index contributed by atoms with van der Waals surface area (Å²) in [5, 5.41) is 4.92. The van der Waals surface area contributed by atoms with Crippen molar-refractivity contribution in [2.24, 2.45) is 0 Å². The molecule has 0 aromatic heterocycles. The summed E-state index contributed by atoms with van der Waals surface area (Å²) in [5.41, 5.74) is 3.58. The Hall–Kier alpha value is -3.72. The van der Waals surface area contributed by atoms with Crippen LogP contribution in [-0.2, 0) is 0 Å². The van der Waals surface area contributed by atoms with E-state index in [1.807, 2.05) is 18.2 Å². The van der Waals surface area contributed by atoms with Crippen molar-refractivity contribution < 1.29 is 9.47 Å². The smallest absolute Gasteiger partial charge is 0.262 e. The predicted molar refractivity (Wildman–Crippen MR) is 119 cm³/mol. The van der Waals surface area contributed by atoms with Crippen LogP contribution in [0.4, 0.5) is 0 Å². The van der Waals surface area contributed by atoms with Crippen LogP contribution in [0.2, 0.25) is 0 Å². The van der Waals surface area contributed by atoms with Crippen molar-refractivity contribution >= 4 is 44.6 Å². The molecule has 0 spiro atoms. The van der Waals surface area contributed by atoms with Gasteiger partial charge in [-0.05, 0) is 56.7 Å². The summed E-state index contributed by atoms with van der Waals surface area (Å²) in [6.07, 6.45) is 0. The van der Waals surface area contributed by atoms with E-state index in [0.29, 0.717) is 0 Å². The van der Waals surface area contributed by atoms with Gasteiger partial charge in [-0.15, -0.1) is 0 Å². The SMILES string of the molecule is c1cc2c3c(c1)Oc1ccc4ccccc4c1B3c1c(ccc3ccccc13)O2. The molecule has 0 atom stereocenters. The minimum absolute atomic E-state index is 0.0749. The number of hydrogen-bond donors (Lipinski definition) is 0. The van der Waals surface area contributed by atoms with Crippen LogP contribution in [0, 0.1) is 0 Å². The van der Waals surface area contributed by atoms with Crippen molar-refractivity contribution in [2.75, 3.05) is 0 Å². The molecule has 0 N–H and O–H groups in total. The minimum atomic E-state index is 0.0749. The highest BCUT2D eigenvalue weighted by Crippen LogP contribution is 2.37. The summed E-state index contributed by atoms with van der Waals surface area (Å²) in [6.45, 7) is 0.0749. The van der Waals surface area contributed by atoms with Gasteiger partial charge in [0, 0.05) is 5.46 Å². The van der Waals surface area contributed by atoms with E-state index in [4.69, 9.17) is 9.47 Å². The van der Waals surface area contributed by atoms with E-state index in [0.717, 1.165) is 28.5 Å². The first-order valence-corrected chi connectivity index (χ1v) is 9.90. The molecule has 3 heteroatoms. The Morgan fingerprint density at radius 1 is 0.414 bits per heavy atom. The van der Waals surface area contributed by atoms with Crippen LogP contribution in [0.1, 0.15) is 0 Å². The van der Waals surface area contributed by atoms with Gasteiger partial charge < -0.3 is 9.47 Å². The standard InChI is InChI=1S/C26H15BO2/c1-3-8-18-16(6-1)12-14-22-24(18)27-25-19-9-4-2-7-17(19)13-15-23(25)29-21-11-5-10-20(28-22)26(21)27/h1-15H. The molecule has 2 heterocycles. The van der Waals surface area contributed by atoms with E-state index in [9.17, 15) is 0 Å². The zero-order chi connectivity index (χ0) is 18.9. The quantitative estimate of drug-likeness (QED) is 0.360. The molecular formula is C26H15BO2. The third-order valence-corrected chi connectivity index (χ3v) is 6.19. The Balaban J connectivity index is 1.67. The third kappa shape index (κ3) is 1.97. The van der Waals surface area contributed by atoms with Gasteiger partial charge in [0.1, 0.15) is 23.0 Å². The lowest BCUT2D eigenvalue weighted by Crippen LogP contribution is -2.57. The van der Waals surface area contributed by atoms with Crippen molar-refractivity contribution in [1.29, 1.82) is 0 Å². The Labute approximate surface area is 168 Å². The highest BCUT2D eigenvalue weighted by Gasteiger charge is 2.41. The van der Waals surface area contributed by atoms with Gasteiger partial charge in [0.25, 0.3) is 6.71 Å². The molecule has 2 aliphatic heterocycles. The van der Waals surface area contributed by atoms with Crippen molar-refractivity contribution in [2.45, 2.75) is 0 Å². The number of ether oxygens (including phenoxy) is 2. The van der Waals surface area contributed by atoms with E-state index < -0.39 is 0 Å². The molecule has 0 bridgehead atoms. The van der Waals surface area contributed by atoms with Crippen LogP contribution in [0.25, 0.3) is 21.5 Å². The van der Waals surface area contributed by atoms with Crippen LogP contribution < -0.4 is 25.9 Å². The molecule has 7 rings (SSSR count). The van der Waals surface area contributed by atoms with Gasteiger partial charge in [-0.25, -0.2) is 0 Å². The van der Waals surface area contributed by atoms with E-state index in [1.165, 1.54) is 32.5 Å². The first-order chi connectivity index (χ1) is 14.4. The van der Waals surface area contributed by atoms with E-state index >= 15 is 0 Å². The second-order valence-electron chi connectivity index (χ2n) is 7.70. The van der Waals surface area contributed by atoms with E-state index in [1.54, 1.807) is 0 Å². The van der Waals surface area contributed by atoms with Crippen LogP contribution in [0.3, 0.4) is 0 Å². The molecule has 0 aliphatic carbocycles. The molecule has 0 radical (unpaired) electrons. The lowest BCUT2D eigenvalue weighted by Gasteiger charge is -2.34. The summed E-state index contributed by atoms with van der Waals surface area (Å²) >= 11 is 0. The predicted octanol–water partition coefficient (Wildman–Crippen LogP) is 4.72. The Morgan fingerprint density at radius 2 is 0.897 bits per heavy atom. The van der Waals surface area contributed by atoms with Crippen molar-refractivity contribution in [3.05, 3.63) is 91.0 Å². The van der Waals surface area contributed by atoms with E-state index in [2.05, 4.69) is 72.8 Å². The molecule has 0 saturated heterocycles. The number of hydrogen-bond acceptors (Lipinski definition) is 2. The lowest BCUT2D eigenvalue weighted by atomic mass is 9.34. The topological polar surface area (TPSA) is 18.5 Å². The van der Waals surface area contributed by atoms with E-state index in [-0.39, 0.29) is 6.71 Å². The van der Waals surface area contributed by atoms with Gasteiger partial charge in [-0.1, -0.05) is 66.7 Å². The molecular weight excluding hydrogens is 355 g/mol. The number of rotatable bonds is 0. The normalized spacial score (nSPS) is 13.3. The maximum atomic E-state index is 6.38. The lowest BCUT2D eigenvalue weighted by molar-refractivity contribution is 0.465. The minimum Gasteiger partial charge on any atom is -0.458 e. The monoisotopic (exact) mass is 370 g/mol. The first kappa shape index (κ1) is 15.2. The van der Waals surface area contributed by atoms with Crippen molar-refractivity contribution in [3.8, 4) is 23.0 Å². The maximum Gasteiger partial charge on any atom is 0.262 e. The molecule has 2 aliphatic rings. The fraction of sp³-hybridized carbons (Fsp3) is 0. The summed E-state index contributed by atoms with van der Waals surface area (Å²) < 4.78 is 12.8. The molecule has 0 fully saturated rings. The molecule has 0 saturated carbocycles. The fourth-order valence-corrected chi connectivity index (χ4v) is 4.98. The second-order valence-corrected chi connectivity index (χ2v) is 7.70. The zero-order valence-corrected chi connectivity index (χ0v) is 15.6. The van der Waals surface area contributed by atoms with Gasteiger partial charge in [-0.2, -0.15) is 0 Å². The highest BCUT2D eigenvalue weighted by molar-refractivity contribution is 7.00. The van der Waals surface area contributed by atoms with Gasteiger partial charge in [0.15, 0.2) is 0 Å². The van der Waals surface area contributed by atoms with Gasteiger partial charge in [-0.3, -0.25) is 0 Å². The molecule has 5 aromatic rings. The van der Waals surface area contributed by atoms with Crippen molar-refractivity contribution in [1.82, 2.24) is 0 Å². The molecule has 29 heavy (non-hydrogen) atoms. The molecule has 5 aromatic carbocycles. The summed E-state index contributed by atoms with van der Waals surface area (Å²) in [7, 11) is 0. The summed E-state index contributed by atoms with van der Waals surface area (Å²) in [5.74, 6) is 3.63. The highest BCUT2D eigenvalue weighted by atomic mass is 16.5. The maximum absolute atomic E-state index is 6.38. The van der Waals surface area contributed by atoms with Gasteiger partial charge in [0.05, 0.1) is 0 Å². The number of benzene rings is 5. The average Bonchev–Trinajstić information content (AvgIpc) is 2.78.